The van der Waals surface area contributed by atoms with E-state index in [1.807, 2.05) is 42.5 Å². The van der Waals surface area contributed by atoms with Gasteiger partial charge in [-0.25, -0.2) is 4.79 Å². The molecule has 0 saturated heterocycles. The second-order valence-corrected chi connectivity index (χ2v) is 6.99. The number of ether oxygens (including phenoxy) is 1. The third-order valence-corrected chi connectivity index (χ3v) is 3.59. The molecule has 0 bridgehead atoms. The summed E-state index contributed by atoms with van der Waals surface area (Å²) in [4.78, 5) is 12.0. The van der Waals surface area contributed by atoms with Crippen LogP contribution in [-0.2, 0) is 0 Å². The zero-order chi connectivity index (χ0) is 16.2. The first-order chi connectivity index (χ1) is 10.3. The van der Waals surface area contributed by atoms with E-state index in [1.165, 1.54) is 5.56 Å². The molecule has 0 heterocycles. The number of esters is 1. The van der Waals surface area contributed by atoms with Crippen molar-refractivity contribution in [3.63, 3.8) is 0 Å². The lowest BCUT2D eigenvalue weighted by atomic mass is 9.82. The summed E-state index contributed by atoms with van der Waals surface area (Å²) < 4.78 is 5.40. The van der Waals surface area contributed by atoms with Crippen molar-refractivity contribution in [1.82, 2.24) is 0 Å². The van der Waals surface area contributed by atoms with Crippen molar-refractivity contribution in [3.8, 4) is 5.75 Å². The van der Waals surface area contributed by atoms with Crippen LogP contribution in [0.3, 0.4) is 0 Å². The molecular weight excluding hydrogens is 272 g/mol. The molecule has 1 atom stereocenters. The van der Waals surface area contributed by atoms with Crippen LogP contribution in [0.5, 0.6) is 5.75 Å². The molecule has 2 rings (SSSR count). The van der Waals surface area contributed by atoms with Crippen LogP contribution in [0.2, 0.25) is 0 Å². The van der Waals surface area contributed by atoms with Crippen LogP contribution in [-0.4, -0.2) is 5.97 Å². The fourth-order valence-corrected chi connectivity index (χ4v) is 2.64. The maximum absolute atomic E-state index is 12.0. The van der Waals surface area contributed by atoms with Gasteiger partial charge < -0.3 is 4.74 Å². The number of hydrogen-bond donors (Lipinski definition) is 0. The van der Waals surface area contributed by atoms with Gasteiger partial charge in [-0.1, -0.05) is 58.0 Å². The average Bonchev–Trinajstić information content (AvgIpc) is 2.47. The average molecular weight is 296 g/mol. The standard InChI is InChI=1S/C20H24O2/c1-15(14-20(2,3)4)16-10-12-18(13-11-16)22-19(21)17-8-6-5-7-9-17/h5-13,15H,14H2,1-4H3. The van der Waals surface area contributed by atoms with Gasteiger partial charge in [0.25, 0.3) is 0 Å². The summed E-state index contributed by atoms with van der Waals surface area (Å²) in [6.45, 7) is 8.98. The molecular formula is C20H24O2. The van der Waals surface area contributed by atoms with E-state index < -0.39 is 0 Å². The molecule has 116 valence electrons. The SMILES string of the molecule is CC(CC(C)(C)C)c1ccc(OC(=O)c2ccccc2)cc1. The van der Waals surface area contributed by atoms with Crippen molar-refractivity contribution < 1.29 is 9.53 Å². The summed E-state index contributed by atoms with van der Waals surface area (Å²) in [6, 6.07) is 16.9. The fraction of sp³-hybridized carbons (Fsp3) is 0.350. The van der Waals surface area contributed by atoms with Crippen LogP contribution in [0.25, 0.3) is 0 Å². The van der Waals surface area contributed by atoms with Gasteiger partial charge >= 0.3 is 5.97 Å². The summed E-state index contributed by atoms with van der Waals surface area (Å²) >= 11 is 0. The molecule has 0 spiro atoms. The Morgan fingerprint density at radius 2 is 1.59 bits per heavy atom. The Balaban J connectivity index is 2.02. The molecule has 0 aliphatic heterocycles. The van der Waals surface area contributed by atoms with Gasteiger partial charge in [-0.2, -0.15) is 0 Å². The molecule has 0 radical (unpaired) electrons. The van der Waals surface area contributed by atoms with E-state index in [4.69, 9.17) is 4.74 Å². The van der Waals surface area contributed by atoms with Gasteiger partial charge in [-0.15, -0.1) is 0 Å². The molecule has 2 aromatic rings. The van der Waals surface area contributed by atoms with Gasteiger partial charge in [0, 0.05) is 0 Å². The van der Waals surface area contributed by atoms with E-state index in [-0.39, 0.29) is 5.97 Å². The molecule has 0 aliphatic rings. The molecule has 22 heavy (non-hydrogen) atoms. The smallest absolute Gasteiger partial charge is 0.343 e. The van der Waals surface area contributed by atoms with Gasteiger partial charge in [0.2, 0.25) is 0 Å². The first-order valence-electron chi connectivity index (χ1n) is 7.72. The Morgan fingerprint density at radius 1 is 1.00 bits per heavy atom. The van der Waals surface area contributed by atoms with Crippen molar-refractivity contribution >= 4 is 5.97 Å². The monoisotopic (exact) mass is 296 g/mol. The van der Waals surface area contributed by atoms with Crippen molar-refractivity contribution in [3.05, 3.63) is 65.7 Å². The Hall–Kier alpha value is -2.09. The quantitative estimate of drug-likeness (QED) is 0.554. The lowest BCUT2D eigenvalue weighted by Crippen LogP contribution is -2.10. The highest BCUT2D eigenvalue weighted by Gasteiger charge is 2.16. The Morgan fingerprint density at radius 3 is 2.14 bits per heavy atom. The summed E-state index contributed by atoms with van der Waals surface area (Å²) in [5.41, 5.74) is 2.14. The highest BCUT2D eigenvalue weighted by molar-refractivity contribution is 5.90. The van der Waals surface area contributed by atoms with E-state index in [0.717, 1.165) is 6.42 Å². The van der Waals surface area contributed by atoms with E-state index in [9.17, 15) is 4.79 Å². The minimum Gasteiger partial charge on any atom is -0.423 e. The highest BCUT2D eigenvalue weighted by Crippen LogP contribution is 2.31. The van der Waals surface area contributed by atoms with Crippen molar-refractivity contribution in [2.24, 2.45) is 5.41 Å². The van der Waals surface area contributed by atoms with E-state index in [2.05, 4.69) is 27.7 Å². The zero-order valence-corrected chi connectivity index (χ0v) is 13.8. The second-order valence-electron chi connectivity index (χ2n) is 6.99. The molecule has 2 aromatic carbocycles. The number of hydrogen-bond acceptors (Lipinski definition) is 2. The summed E-state index contributed by atoms with van der Waals surface area (Å²) in [7, 11) is 0. The maximum Gasteiger partial charge on any atom is 0.343 e. The number of carbonyl (C=O) groups excluding carboxylic acids is 1. The van der Waals surface area contributed by atoms with Crippen LogP contribution in [0.4, 0.5) is 0 Å². The normalized spacial score (nSPS) is 12.7. The Kier molecular flexibility index (Phi) is 5.02. The minimum absolute atomic E-state index is 0.303. The van der Waals surface area contributed by atoms with Crippen LogP contribution in [0.1, 0.15) is 56.0 Å². The Bertz CT molecular complexity index is 606. The molecule has 0 saturated carbocycles. The molecule has 0 aromatic heterocycles. The molecule has 0 fully saturated rings. The third kappa shape index (κ3) is 4.73. The van der Waals surface area contributed by atoms with Crippen LogP contribution in [0, 0.1) is 5.41 Å². The van der Waals surface area contributed by atoms with Crippen molar-refractivity contribution in [1.29, 1.82) is 0 Å². The van der Waals surface area contributed by atoms with Gasteiger partial charge in [-0.05, 0) is 47.6 Å². The van der Waals surface area contributed by atoms with Gasteiger partial charge in [0.05, 0.1) is 5.56 Å². The third-order valence-electron chi connectivity index (χ3n) is 3.59. The van der Waals surface area contributed by atoms with Crippen molar-refractivity contribution in [2.75, 3.05) is 0 Å². The van der Waals surface area contributed by atoms with Crippen LogP contribution < -0.4 is 4.74 Å². The first kappa shape index (κ1) is 16.3. The maximum atomic E-state index is 12.0. The number of rotatable bonds is 4. The fourth-order valence-electron chi connectivity index (χ4n) is 2.64. The summed E-state index contributed by atoms with van der Waals surface area (Å²) in [5, 5.41) is 0. The van der Waals surface area contributed by atoms with Gasteiger partial charge in [0.15, 0.2) is 0 Å². The van der Waals surface area contributed by atoms with Crippen LogP contribution >= 0.6 is 0 Å². The second kappa shape index (κ2) is 6.78. The summed E-state index contributed by atoms with van der Waals surface area (Å²) in [5.74, 6) is 0.746. The van der Waals surface area contributed by atoms with Gasteiger partial charge in [-0.3, -0.25) is 0 Å². The molecule has 2 nitrogen and oxygen atoms in total. The minimum atomic E-state index is -0.323. The molecule has 0 aliphatic carbocycles. The van der Waals surface area contributed by atoms with Crippen LogP contribution in [0.15, 0.2) is 54.6 Å². The van der Waals surface area contributed by atoms with Gasteiger partial charge in [0.1, 0.15) is 5.75 Å². The zero-order valence-electron chi connectivity index (χ0n) is 13.8. The largest absolute Gasteiger partial charge is 0.423 e. The molecule has 0 amide bonds. The predicted octanol–water partition coefficient (Wildman–Crippen LogP) is 5.45. The molecule has 2 heteroatoms. The topological polar surface area (TPSA) is 26.3 Å². The molecule has 0 N–H and O–H groups in total. The summed E-state index contributed by atoms with van der Waals surface area (Å²) in [6.07, 6.45) is 1.12. The lowest BCUT2D eigenvalue weighted by Gasteiger charge is -2.23. The van der Waals surface area contributed by atoms with E-state index >= 15 is 0 Å². The number of benzene rings is 2. The highest BCUT2D eigenvalue weighted by atomic mass is 16.5. The molecule has 1 unspecified atom stereocenters. The number of carbonyl (C=O) groups is 1. The first-order valence-corrected chi connectivity index (χ1v) is 7.72. The van der Waals surface area contributed by atoms with E-state index in [0.29, 0.717) is 22.6 Å². The lowest BCUT2D eigenvalue weighted by molar-refractivity contribution is 0.0734. The van der Waals surface area contributed by atoms with Crippen molar-refractivity contribution in [2.45, 2.75) is 40.0 Å². The predicted molar refractivity (Wildman–Crippen MR) is 90.3 cm³/mol. The Labute approximate surface area is 133 Å². The van der Waals surface area contributed by atoms with E-state index in [1.54, 1.807) is 12.1 Å².